The van der Waals surface area contributed by atoms with Crippen molar-refractivity contribution >= 4 is 0 Å². The zero-order chi connectivity index (χ0) is 40.2. The molecule has 1 saturated heterocycles. The predicted octanol–water partition coefficient (Wildman–Crippen LogP) is 13.9. The highest BCUT2D eigenvalue weighted by molar-refractivity contribution is 5.70. The summed E-state index contributed by atoms with van der Waals surface area (Å²) in [6, 6.07) is 0. The van der Waals surface area contributed by atoms with E-state index in [9.17, 15) is 0 Å². The minimum absolute atomic E-state index is 0.198. The molecule has 60 heavy (non-hydrogen) atoms. The van der Waals surface area contributed by atoms with Crippen LogP contribution in [0.4, 0.5) is 0 Å². The molecule has 3 heteroatoms. The van der Waals surface area contributed by atoms with E-state index in [2.05, 4.69) is 34.6 Å². The van der Waals surface area contributed by atoms with Crippen LogP contribution in [-0.2, 0) is 26.4 Å². The first-order chi connectivity index (χ1) is 28.7. The van der Waals surface area contributed by atoms with Crippen LogP contribution in [0.15, 0.2) is 0 Å². The quantitative estimate of drug-likeness (QED) is 0.221. The normalized spacial score (nSPS) is 50.9. The molecule has 1 aliphatic heterocycles. The third-order valence-electron chi connectivity index (χ3n) is 21.8. The van der Waals surface area contributed by atoms with Crippen molar-refractivity contribution in [2.45, 2.75) is 229 Å². The topological polar surface area (TPSA) is 31.0 Å². The summed E-state index contributed by atoms with van der Waals surface area (Å²) >= 11 is 0. The minimum Gasteiger partial charge on any atom is -0.490 e. The van der Waals surface area contributed by atoms with Crippen LogP contribution >= 0.6 is 0 Å². The molecule has 1 aromatic rings. The molecule has 1 aromatic carbocycles. The lowest BCUT2D eigenvalue weighted by Gasteiger charge is -2.64. The lowest BCUT2D eigenvalue weighted by Crippen LogP contribution is -2.55. The maximum atomic E-state index is 8.54. The fourth-order valence-electron chi connectivity index (χ4n) is 22.6. The van der Waals surface area contributed by atoms with Crippen molar-refractivity contribution in [3.63, 3.8) is 0 Å². The van der Waals surface area contributed by atoms with Gasteiger partial charge in [0.05, 0.1) is 6.61 Å². The van der Waals surface area contributed by atoms with Gasteiger partial charge in [0.25, 0.3) is 0 Å². The molecule has 1 atom stereocenters. The predicted molar refractivity (Wildman–Crippen MR) is 240 cm³/mol. The highest BCUT2D eigenvalue weighted by Gasteiger charge is 2.64. The van der Waals surface area contributed by atoms with Crippen molar-refractivity contribution in [1.29, 1.82) is 0 Å². The largest absolute Gasteiger partial charge is 0.490 e. The first-order valence-corrected chi connectivity index (χ1v) is 26.9. The van der Waals surface area contributed by atoms with Gasteiger partial charge in [0.15, 0.2) is 0 Å². The maximum absolute atomic E-state index is 8.54. The molecular weight excluding hydrogens is 733 g/mol. The Morgan fingerprint density at radius 2 is 0.667 bits per heavy atom. The molecule has 16 aliphatic carbocycles. The molecule has 0 aromatic heterocycles. The molecule has 17 fully saturated rings. The summed E-state index contributed by atoms with van der Waals surface area (Å²) < 4.78 is 22.8. The van der Waals surface area contributed by atoms with E-state index in [0.717, 1.165) is 90.6 Å². The highest BCUT2D eigenvalue weighted by atomic mass is 16.6. The van der Waals surface area contributed by atoms with Gasteiger partial charge in [-0.2, -0.15) is 0 Å². The molecule has 16 saturated carbocycles. The van der Waals surface area contributed by atoms with E-state index >= 15 is 0 Å². The van der Waals surface area contributed by atoms with Gasteiger partial charge in [0.2, 0.25) is 0 Å². The second kappa shape index (κ2) is 12.6. The van der Waals surface area contributed by atoms with Gasteiger partial charge in [-0.15, -0.1) is 0 Å². The highest BCUT2D eigenvalue weighted by Crippen LogP contribution is 2.74. The molecule has 1 unspecified atom stereocenters. The SMILES string of the molecule is CC(C)(C)CC(C)(C)Oc1c(C23CC4CC(CC(C4)C2)C3)c(C23CC4CC(CC(C4)C2)C3)c(OCC2CO2)c(C23CC4CC(CC(C4)C2)C3)c1C12CC3CC(CC(C3)C1)C2. The summed E-state index contributed by atoms with van der Waals surface area (Å²) in [5, 5.41) is 0. The summed E-state index contributed by atoms with van der Waals surface area (Å²) in [6.07, 6.45) is 36.6. The Hall–Kier alpha value is -1.22. The number of ether oxygens (including phenoxy) is 3. The number of hydrogen-bond donors (Lipinski definition) is 0. The van der Waals surface area contributed by atoms with Crippen LogP contribution in [0, 0.1) is 76.4 Å². The molecular formula is C57H82O3. The van der Waals surface area contributed by atoms with Gasteiger partial charge in [0.1, 0.15) is 29.8 Å². The van der Waals surface area contributed by atoms with E-state index in [4.69, 9.17) is 14.2 Å². The third-order valence-corrected chi connectivity index (χ3v) is 21.8. The number of rotatable bonds is 10. The van der Waals surface area contributed by atoms with Gasteiger partial charge in [-0.05, 0) is 251 Å². The van der Waals surface area contributed by atoms with E-state index in [0.29, 0.717) is 0 Å². The van der Waals surface area contributed by atoms with Gasteiger partial charge in [-0.3, -0.25) is 0 Å². The van der Waals surface area contributed by atoms with Gasteiger partial charge in [-0.1, -0.05) is 20.8 Å². The van der Waals surface area contributed by atoms with Gasteiger partial charge in [-0.25, -0.2) is 0 Å². The van der Waals surface area contributed by atoms with Crippen molar-refractivity contribution in [3.05, 3.63) is 22.3 Å². The molecule has 0 amide bonds. The zero-order valence-corrected chi connectivity index (χ0v) is 38.8. The molecule has 0 spiro atoms. The van der Waals surface area contributed by atoms with E-state index in [1.54, 1.807) is 5.75 Å². The molecule has 17 aliphatic rings. The first-order valence-electron chi connectivity index (χ1n) is 26.9. The van der Waals surface area contributed by atoms with Crippen molar-refractivity contribution in [2.24, 2.45) is 76.4 Å². The molecule has 0 N–H and O–H groups in total. The second-order valence-corrected chi connectivity index (χ2v) is 28.8. The number of epoxide rings is 1. The van der Waals surface area contributed by atoms with E-state index in [-0.39, 0.29) is 38.8 Å². The average Bonchev–Trinajstić information content (AvgIpc) is 3.95. The van der Waals surface area contributed by atoms with Crippen LogP contribution < -0.4 is 9.47 Å². The Balaban J connectivity index is 1.12. The molecule has 328 valence electrons. The Morgan fingerprint density at radius 3 is 0.900 bits per heavy atom. The van der Waals surface area contributed by atoms with Gasteiger partial charge >= 0.3 is 0 Å². The third kappa shape index (κ3) is 5.85. The van der Waals surface area contributed by atoms with Crippen molar-refractivity contribution in [3.8, 4) is 11.5 Å². The van der Waals surface area contributed by atoms with Crippen molar-refractivity contribution < 1.29 is 14.2 Å². The Kier molecular flexibility index (Phi) is 7.97. The lowest BCUT2D eigenvalue weighted by atomic mass is 9.41. The van der Waals surface area contributed by atoms with Crippen LogP contribution in [0.25, 0.3) is 0 Å². The fourth-order valence-corrected chi connectivity index (χ4v) is 22.6. The molecule has 18 rings (SSSR count). The van der Waals surface area contributed by atoms with E-state index in [1.807, 2.05) is 22.3 Å². The smallest absolute Gasteiger partial charge is 0.128 e. The zero-order valence-electron chi connectivity index (χ0n) is 38.8. The minimum atomic E-state index is -0.242. The standard InChI is InChI=1S/C57H82O3/c1-52(2,3)32-53(4,5)60-51-48(56-24-39-12-40(25-56)14-41(13-39)26-56)46(54-18-33-6-34(19-54)8-35(7-33)20-54)50(59-31-45-30-58-45)47(55-21-36-9-37(22-55)11-38(10-36)23-55)49(51)57-27-42-15-43(28-57)17-44(16-42)29-57/h33-45H,6-32H2,1-5H3. The number of benzene rings is 1. The summed E-state index contributed by atoms with van der Waals surface area (Å²) in [5.41, 5.74) is 8.30. The lowest BCUT2D eigenvalue weighted by molar-refractivity contribution is -0.0300. The summed E-state index contributed by atoms with van der Waals surface area (Å²) in [7, 11) is 0. The van der Waals surface area contributed by atoms with Crippen molar-refractivity contribution in [2.75, 3.05) is 13.2 Å². The Morgan fingerprint density at radius 1 is 0.417 bits per heavy atom. The van der Waals surface area contributed by atoms with Gasteiger partial charge < -0.3 is 14.2 Å². The second-order valence-electron chi connectivity index (χ2n) is 28.8. The average molecular weight is 815 g/mol. The number of hydrogen-bond acceptors (Lipinski definition) is 3. The Labute approximate surface area is 364 Å². The Bertz CT molecular complexity index is 1680. The van der Waals surface area contributed by atoms with E-state index < -0.39 is 0 Å². The summed E-state index contributed by atoms with van der Waals surface area (Å²) in [5.74, 6) is 14.0. The maximum Gasteiger partial charge on any atom is 0.128 e. The summed E-state index contributed by atoms with van der Waals surface area (Å²) in [6.45, 7) is 14.2. The molecule has 16 bridgehead atoms. The molecule has 3 nitrogen and oxygen atoms in total. The van der Waals surface area contributed by atoms with Crippen LogP contribution in [0.3, 0.4) is 0 Å². The fraction of sp³-hybridized carbons (Fsp3) is 0.895. The van der Waals surface area contributed by atoms with Gasteiger partial charge in [0, 0.05) is 43.9 Å². The van der Waals surface area contributed by atoms with E-state index in [1.165, 1.54) is 160 Å². The molecule has 1 heterocycles. The van der Waals surface area contributed by atoms with Crippen LogP contribution in [0.5, 0.6) is 11.5 Å². The van der Waals surface area contributed by atoms with Crippen LogP contribution in [-0.4, -0.2) is 24.9 Å². The van der Waals surface area contributed by atoms with Crippen LogP contribution in [0.1, 0.15) is 217 Å². The van der Waals surface area contributed by atoms with Crippen molar-refractivity contribution in [1.82, 2.24) is 0 Å². The first kappa shape index (κ1) is 38.1. The molecule has 0 radical (unpaired) electrons. The van der Waals surface area contributed by atoms with Crippen LogP contribution in [0.2, 0.25) is 0 Å². The summed E-state index contributed by atoms with van der Waals surface area (Å²) in [4.78, 5) is 0. The monoisotopic (exact) mass is 815 g/mol.